The van der Waals surface area contributed by atoms with E-state index in [0.717, 1.165) is 0 Å². The molecule has 0 saturated carbocycles. The van der Waals surface area contributed by atoms with Crippen molar-refractivity contribution in [3.8, 4) is 0 Å². The number of Topliss-reactive ketones (excluding diaryl/α,β-unsaturated/α-hetero) is 1. The number of rotatable bonds is 3. The lowest BCUT2D eigenvalue weighted by molar-refractivity contribution is -0.138. The number of alkyl halides is 3. The summed E-state index contributed by atoms with van der Waals surface area (Å²) in [6.45, 7) is 5.13. The molecule has 0 amide bonds. The van der Waals surface area contributed by atoms with Crippen molar-refractivity contribution < 1.29 is 18.0 Å². The van der Waals surface area contributed by atoms with E-state index >= 15 is 0 Å². The Morgan fingerprint density at radius 2 is 1.62 bits per heavy atom. The Morgan fingerprint density at radius 1 is 1.15 bits per heavy atom. The zero-order valence-corrected chi connectivity index (χ0v) is 8.16. The number of hydrogen-bond acceptors (Lipinski definition) is 1. The van der Waals surface area contributed by atoms with Gasteiger partial charge in [-0.05, 0) is 6.42 Å². The summed E-state index contributed by atoms with van der Waals surface area (Å²) >= 11 is 0. The first-order valence-corrected chi connectivity index (χ1v) is 4.23. The van der Waals surface area contributed by atoms with Gasteiger partial charge in [0, 0.05) is 18.3 Å². The number of halogens is 3. The highest BCUT2D eigenvalue weighted by molar-refractivity contribution is 5.83. The smallest absolute Gasteiger partial charge is 0.299 e. The van der Waals surface area contributed by atoms with Crippen molar-refractivity contribution >= 4 is 5.78 Å². The molecule has 1 nitrogen and oxygen atoms in total. The van der Waals surface area contributed by atoms with E-state index in [2.05, 4.69) is 0 Å². The van der Waals surface area contributed by atoms with E-state index in [1.54, 1.807) is 20.8 Å². The van der Waals surface area contributed by atoms with Crippen molar-refractivity contribution in [2.45, 2.75) is 46.2 Å². The van der Waals surface area contributed by atoms with Gasteiger partial charge in [0.25, 0.3) is 0 Å². The van der Waals surface area contributed by atoms with Gasteiger partial charge >= 0.3 is 6.18 Å². The molecule has 0 N–H and O–H groups in total. The summed E-state index contributed by atoms with van der Waals surface area (Å²) in [6, 6.07) is 0. The molecule has 0 heterocycles. The van der Waals surface area contributed by atoms with Crippen molar-refractivity contribution in [1.82, 2.24) is 0 Å². The lowest BCUT2D eigenvalue weighted by Crippen LogP contribution is -2.20. The molecule has 4 heteroatoms. The average Bonchev–Trinajstić information content (AvgIpc) is 1.82. The number of hydrogen-bond donors (Lipinski definition) is 0. The molecule has 0 bridgehead atoms. The van der Waals surface area contributed by atoms with Crippen LogP contribution in [-0.2, 0) is 4.79 Å². The van der Waals surface area contributed by atoms with Crippen molar-refractivity contribution in [2.24, 2.45) is 5.41 Å². The molecule has 78 valence electrons. The van der Waals surface area contributed by atoms with Gasteiger partial charge in [0.05, 0.1) is 0 Å². The van der Waals surface area contributed by atoms with Crippen LogP contribution in [0.4, 0.5) is 13.2 Å². The van der Waals surface area contributed by atoms with E-state index in [9.17, 15) is 18.0 Å². The van der Waals surface area contributed by atoms with Gasteiger partial charge in [0.2, 0.25) is 0 Å². The van der Waals surface area contributed by atoms with E-state index in [0.29, 0.717) is 0 Å². The van der Waals surface area contributed by atoms with E-state index < -0.39 is 18.0 Å². The molecule has 0 fully saturated rings. The Kier molecular flexibility index (Phi) is 3.94. The molecule has 0 atom stereocenters. The predicted octanol–water partition coefficient (Wildman–Crippen LogP) is 3.33. The van der Waals surface area contributed by atoms with Gasteiger partial charge in [-0.2, -0.15) is 13.2 Å². The maximum Gasteiger partial charge on any atom is 0.389 e. The first-order valence-electron chi connectivity index (χ1n) is 4.23. The molecule has 13 heavy (non-hydrogen) atoms. The van der Waals surface area contributed by atoms with E-state index in [1.165, 1.54) is 0 Å². The second-order valence-corrected chi connectivity index (χ2v) is 4.14. The summed E-state index contributed by atoms with van der Waals surface area (Å²) < 4.78 is 35.1. The Hall–Kier alpha value is -0.540. The lowest BCUT2D eigenvalue weighted by Gasteiger charge is -2.16. The first-order chi connectivity index (χ1) is 5.63. The molecule has 0 aromatic heterocycles. The van der Waals surface area contributed by atoms with Crippen molar-refractivity contribution in [3.05, 3.63) is 0 Å². The molecule has 0 rings (SSSR count). The second-order valence-electron chi connectivity index (χ2n) is 4.14. The molecule has 0 unspecified atom stereocenters. The van der Waals surface area contributed by atoms with Gasteiger partial charge in [-0.15, -0.1) is 0 Å². The SMILES string of the molecule is CC(C)(C)C(=O)CCCC(F)(F)F. The largest absolute Gasteiger partial charge is 0.389 e. The van der Waals surface area contributed by atoms with E-state index in [1.807, 2.05) is 0 Å². The minimum atomic E-state index is -4.14. The average molecular weight is 196 g/mol. The minimum Gasteiger partial charge on any atom is -0.299 e. The number of carbonyl (C=O) groups is 1. The predicted molar refractivity (Wildman–Crippen MR) is 44.4 cm³/mol. The lowest BCUT2D eigenvalue weighted by atomic mass is 9.88. The molecular formula is C9H15F3O. The molecule has 0 radical (unpaired) electrons. The standard InChI is InChI=1S/C9H15F3O/c1-8(2,3)7(13)5-4-6-9(10,11)12/h4-6H2,1-3H3. The van der Waals surface area contributed by atoms with Crippen LogP contribution in [0.15, 0.2) is 0 Å². The third kappa shape index (κ3) is 6.61. The van der Waals surface area contributed by atoms with Crippen LogP contribution in [0.3, 0.4) is 0 Å². The van der Waals surface area contributed by atoms with Crippen LogP contribution in [0.25, 0.3) is 0 Å². The third-order valence-electron chi connectivity index (χ3n) is 1.70. The van der Waals surface area contributed by atoms with Gasteiger partial charge in [-0.3, -0.25) is 4.79 Å². The van der Waals surface area contributed by atoms with Gasteiger partial charge in [0.15, 0.2) is 0 Å². The summed E-state index contributed by atoms with van der Waals surface area (Å²) in [5, 5.41) is 0. The van der Waals surface area contributed by atoms with Crippen LogP contribution in [0.2, 0.25) is 0 Å². The molecule has 0 aromatic rings. The molecule has 0 aliphatic rings. The highest BCUT2D eigenvalue weighted by Crippen LogP contribution is 2.24. The third-order valence-corrected chi connectivity index (χ3v) is 1.70. The van der Waals surface area contributed by atoms with Crippen LogP contribution < -0.4 is 0 Å². The topological polar surface area (TPSA) is 17.1 Å². The second kappa shape index (κ2) is 4.11. The Balaban J connectivity index is 3.74. The molecule has 0 saturated heterocycles. The maximum absolute atomic E-state index is 11.7. The maximum atomic E-state index is 11.7. The quantitative estimate of drug-likeness (QED) is 0.676. The monoisotopic (exact) mass is 196 g/mol. The zero-order chi connectivity index (χ0) is 10.7. The highest BCUT2D eigenvalue weighted by atomic mass is 19.4. The summed E-state index contributed by atoms with van der Waals surface area (Å²) in [5.74, 6) is -0.114. The van der Waals surface area contributed by atoms with Crippen LogP contribution in [0.1, 0.15) is 40.0 Å². The summed E-state index contributed by atoms with van der Waals surface area (Å²) in [4.78, 5) is 11.2. The van der Waals surface area contributed by atoms with Gasteiger partial charge in [-0.25, -0.2) is 0 Å². The van der Waals surface area contributed by atoms with Crippen LogP contribution in [0, 0.1) is 5.41 Å². The van der Waals surface area contributed by atoms with Gasteiger partial charge in [0.1, 0.15) is 5.78 Å². The fourth-order valence-electron chi connectivity index (χ4n) is 0.824. The number of carbonyl (C=O) groups excluding carboxylic acids is 1. The molecule has 0 aliphatic carbocycles. The van der Waals surface area contributed by atoms with Gasteiger partial charge < -0.3 is 0 Å². The zero-order valence-electron chi connectivity index (χ0n) is 8.16. The number of ketones is 1. The minimum absolute atomic E-state index is 0.0169. The first kappa shape index (κ1) is 12.5. The Labute approximate surface area is 76.3 Å². The summed E-state index contributed by atoms with van der Waals surface area (Å²) in [7, 11) is 0. The van der Waals surface area contributed by atoms with E-state index in [4.69, 9.17) is 0 Å². The summed E-state index contributed by atoms with van der Waals surface area (Å²) in [6.07, 6.45) is -5.09. The fraction of sp³-hybridized carbons (Fsp3) is 0.889. The summed E-state index contributed by atoms with van der Waals surface area (Å²) in [5.41, 5.74) is -0.522. The van der Waals surface area contributed by atoms with E-state index in [-0.39, 0.29) is 18.6 Å². The molecule has 0 spiro atoms. The van der Waals surface area contributed by atoms with Crippen LogP contribution in [-0.4, -0.2) is 12.0 Å². The van der Waals surface area contributed by atoms with Crippen molar-refractivity contribution in [2.75, 3.05) is 0 Å². The van der Waals surface area contributed by atoms with Crippen molar-refractivity contribution in [3.63, 3.8) is 0 Å². The normalized spacial score (nSPS) is 13.1. The fourth-order valence-corrected chi connectivity index (χ4v) is 0.824. The van der Waals surface area contributed by atoms with Crippen LogP contribution in [0.5, 0.6) is 0 Å². The van der Waals surface area contributed by atoms with Gasteiger partial charge in [-0.1, -0.05) is 20.8 Å². The highest BCUT2D eigenvalue weighted by Gasteiger charge is 2.28. The Bertz CT molecular complexity index is 176. The molecule has 0 aromatic carbocycles. The van der Waals surface area contributed by atoms with Crippen molar-refractivity contribution in [1.29, 1.82) is 0 Å². The molecular weight excluding hydrogens is 181 g/mol. The van der Waals surface area contributed by atoms with Crippen LogP contribution >= 0.6 is 0 Å². The Morgan fingerprint density at radius 3 is 1.92 bits per heavy atom. The molecule has 0 aliphatic heterocycles.